The molecule has 7 nitrogen and oxygen atoms in total. The molecule has 1 fully saturated rings. The molecule has 1 aliphatic carbocycles. The van der Waals surface area contributed by atoms with Crippen molar-refractivity contribution in [2.24, 2.45) is 11.8 Å². The number of carboxylic acids is 1. The van der Waals surface area contributed by atoms with Gasteiger partial charge in [0.1, 0.15) is 0 Å². The number of carbonyl (C=O) groups is 3. The average Bonchev–Trinajstić information content (AvgIpc) is 3.20. The van der Waals surface area contributed by atoms with Crippen molar-refractivity contribution in [3.8, 4) is 0 Å². The van der Waals surface area contributed by atoms with Gasteiger partial charge in [0.25, 0.3) is 5.91 Å². The SMILES string of the molecule is O=C(NC[C@@H]1CCCO1)c1ccc(NC(=O)[C@H]2CC=CC[C@H]2C(=O)O)cc1. The van der Waals surface area contributed by atoms with E-state index in [0.717, 1.165) is 19.4 Å². The van der Waals surface area contributed by atoms with Crippen LogP contribution >= 0.6 is 0 Å². The largest absolute Gasteiger partial charge is 0.481 e. The second kappa shape index (κ2) is 8.81. The summed E-state index contributed by atoms with van der Waals surface area (Å²) in [6, 6.07) is 6.56. The molecule has 0 radical (unpaired) electrons. The molecular formula is C20H24N2O5. The minimum atomic E-state index is -0.960. The van der Waals surface area contributed by atoms with E-state index in [9.17, 15) is 19.5 Å². The van der Waals surface area contributed by atoms with Crippen molar-refractivity contribution in [1.29, 1.82) is 0 Å². The zero-order chi connectivity index (χ0) is 19.2. The normalized spacial score (nSPS) is 24.4. The van der Waals surface area contributed by atoms with Gasteiger partial charge in [-0.25, -0.2) is 0 Å². The fraction of sp³-hybridized carbons (Fsp3) is 0.450. The number of anilines is 1. The minimum absolute atomic E-state index is 0.0826. The van der Waals surface area contributed by atoms with Gasteiger partial charge in [0, 0.05) is 24.4 Å². The molecule has 0 bridgehead atoms. The van der Waals surface area contributed by atoms with Crippen LogP contribution in [-0.2, 0) is 14.3 Å². The smallest absolute Gasteiger partial charge is 0.307 e. The summed E-state index contributed by atoms with van der Waals surface area (Å²) in [5.41, 5.74) is 1.03. The molecule has 144 valence electrons. The maximum Gasteiger partial charge on any atom is 0.307 e. The van der Waals surface area contributed by atoms with Crippen LogP contribution in [0.5, 0.6) is 0 Å². The number of benzene rings is 1. The second-order valence-corrected chi connectivity index (χ2v) is 6.91. The lowest BCUT2D eigenvalue weighted by atomic mass is 9.82. The van der Waals surface area contributed by atoms with Gasteiger partial charge >= 0.3 is 5.97 Å². The summed E-state index contributed by atoms with van der Waals surface area (Å²) < 4.78 is 5.48. The van der Waals surface area contributed by atoms with Gasteiger partial charge in [-0.2, -0.15) is 0 Å². The van der Waals surface area contributed by atoms with Crippen molar-refractivity contribution in [1.82, 2.24) is 5.32 Å². The molecule has 1 saturated heterocycles. The van der Waals surface area contributed by atoms with Crippen LogP contribution in [-0.4, -0.2) is 42.1 Å². The molecule has 0 aromatic heterocycles. The monoisotopic (exact) mass is 372 g/mol. The Bertz CT molecular complexity index is 722. The van der Waals surface area contributed by atoms with Gasteiger partial charge in [-0.15, -0.1) is 0 Å². The molecule has 1 aromatic carbocycles. The highest BCUT2D eigenvalue weighted by Gasteiger charge is 2.33. The number of allylic oxidation sites excluding steroid dienone is 2. The minimum Gasteiger partial charge on any atom is -0.481 e. The summed E-state index contributed by atoms with van der Waals surface area (Å²) in [6.45, 7) is 1.23. The van der Waals surface area contributed by atoms with Crippen LogP contribution in [0.25, 0.3) is 0 Å². The molecule has 0 spiro atoms. The van der Waals surface area contributed by atoms with E-state index in [0.29, 0.717) is 30.6 Å². The predicted octanol–water partition coefficient (Wildman–Crippen LogP) is 2.20. The Labute approximate surface area is 157 Å². The summed E-state index contributed by atoms with van der Waals surface area (Å²) in [5, 5.41) is 14.9. The number of hydrogen-bond donors (Lipinski definition) is 3. The summed E-state index contributed by atoms with van der Waals surface area (Å²) in [6.07, 6.45) is 6.47. The van der Waals surface area contributed by atoms with E-state index < -0.39 is 17.8 Å². The molecule has 3 rings (SSSR count). The number of aliphatic carboxylic acids is 1. The van der Waals surface area contributed by atoms with E-state index in [1.807, 2.05) is 6.08 Å². The maximum absolute atomic E-state index is 12.4. The highest BCUT2D eigenvalue weighted by Crippen LogP contribution is 2.27. The fourth-order valence-electron chi connectivity index (χ4n) is 3.43. The zero-order valence-corrected chi connectivity index (χ0v) is 15.0. The Morgan fingerprint density at radius 1 is 1.07 bits per heavy atom. The molecule has 0 saturated carbocycles. The van der Waals surface area contributed by atoms with Gasteiger partial charge in [-0.3, -0.25) is 14.4 Å². The molecule has 2 amide bonds. The second-order valence-electron chi connectivity index (χ2n) is 6.91. The van der Waals surface area contributed by atoms with Crippen LogP contribution in [0, 0.1) is 11.8 Å². The molecule has 0 unspecified atom stereocenters. The highest BCUT2D eigenvalue weighted by atomic mass is 16.5. The highest BCUT2D eigenvalue weighted by molar-refractivity contribution is 5.97. The first-order valence-electron chi connectivity index (χ1n) is 9.23. The van der Waals surface area contributed by atoms with Gasteiger partial charge in [-0.1, -0.05) is 12.2 Å². The molecule has 1 aliphatic heterocycles. The Morgan fingerprint density at radius 3 is 2.41 bits per heavy atom. The van der Waals surface area contributed by atoms with Crippen molar-refractivity contribution >= 4 is 23.5 Å². The number of amides is 2. The molecule has 3 N–H and O–H groups in total. The number of nitrogens with one attached hydrogen (secondary N) is 2. The first-order chi connectivity index (χ1) is 13.0. The van der Waals surface area contributed by atoms with Gasteiger partial charge in [-0.05, 0) is 49.9 Å². The van der Waals surface area contributed by atoms with Crippen molar-refractivity contribution in [2.45, 2.75) is 31.8 Å². The van der Waals surface area contributed by atoms with Crippen LogP contribution in [0.4, 0.5) is 5.69 Å². The van der Waals surface area contributed by atoms with E-state index in [1.165, 1.54) is 0 Å². The van der Waals surface area contributed by atoms with Gasteiger partial charge < -0.3 is 20.5 Å². The van der Waals surface area contributed by atoms with E-state index in [1.54, 1.807) is 30.3 Å². The fourth-order valence-corrected chi connectivity index (χ4v) is 3.43. The molecule has 1 heterocycles. The molecule has 3 atom stereocenters. The summed E-state index contributed by atoms with van der Waals surface area (Å²) in [4.78, 5) is 36.0. The number of carbonyl (C=O) groups excluding carboxylic acids is 2. The Morgan fingerprint density at radius 2 is 1.78 bits per heavy atom. The van der Waals surface area contributed by atoms with Crippen LogP contribution < -0.4 is 10.6 Å². The third-order valence-corrected chi connectivity index (χ3v) is 5.02. The third-order valence-electron chi connectivity index (χ3n) is 5.02. The molecule has 27 heavy (non-hydrogen) atoms. The van der Waals surface area contributed by atoms with Crippen molar-refractivity contribution in [3.05, 3.63) is 42.0 Å². The quantitative estimate of drug-likeness (QED) is 0.664. The molecule has 7 heteroatoms. The third kappa shape index (κ3) is 4.95. The topological polar surface area (TPSA) is 105 Å². The van der Waals surface area contributed by atoms with E-state index in [4.69, 9.17) is 4.74 Å². The van der Waals surface area contributed by atoms with Crippen LogP contribution in [0.2, 0.25) is 0 Å². The number of rotatable bonds is 6. The number of ether oxygens (including phenoxy) is 1. The lowest BCUT2D eigenvalue weighted by Crippen LogP contribution is -2.34. The first-order valence-corrected chi connectivity index (χ1v) is 9.23. The zero-order valence-electron chi connectivity index (χ0n) is 15.0. The molecule has 2 aliphatic rings. The number of hydrogen-bond acceptors (Lipinski definition) is 4. The summed E-state index contributed by atoms with van der Waals surface area (Å²) >= 11 is 0. The predicted molar refractivity (Wildman–Crippen MR) is 99.4 cm³/mol. The van der Waals surface area contributed by atoms with Crippen molar-refractivity contribution < 1.29 is 24.2 Å². The summed E-state index contributed by atoms with van der Waals surface area (Å²) in [7, 11) is 0. The lowest BCUT2D eigenvalue weighted by Gasteiger charge is -2.24. The van der Waals surface area contributed by atoms with Gasteiger partial charge in [0.2, 0.25) is 5.91 Å². The first kappa shape index (κ1) is 19.1. The summed E-state index contributed by atoms with van der Waals surface area (Å²) in [5.74, 6) is -2.77. The van der Waals surface area contributed by atoms with Crippen LogP contribution in [0.3, 0.4) is 0 Å². The number of carboxylic acid groups (broad SMARTS) is 1. The molecule has 1 aromatic rings. The van der Waals surface area contributed by atoms with E-state index in [2.05, 4.69) is 10.6 Å². The van der Waals surface area contributed by atoms with E-state index >= 15 is 0 Å². The van der Waals surface area contributed by atoms with Gasteiger partial charge in [0.15, 0.2) is 0 Å². The van der Waals surface area contributed by atoms with Crippen molar-refractivity contribution in [2.75, 3.05) is 18.5 Å². The Hall–Kier alpha value is -2.67. The van der Waals surface area contributed by atoms with Gasteiger partial charge in [0.05, 0.1) is 17.9 Å². The van der Waals surface area contributed by atoms with E-state index in [-0.39, 0.29) is 17.9 Å². The lowest BCUT2D eigenvalue weighted by molar-refractivity contribution is -0.146. The van der Waals surface area contributed by atoms with Crippen LogP contribution in [0.1, 0.15) is 36.0 Å². The Kier molecular flexibility index (Phi) is 6.24. The standard InChI is InChI=1S/C20H24N2O5/c23-18(21-12-15-4-3-11-27-15)13-7-9-14(10-8-13)22-19(24)16-5-1-2-6-17(16)20(25)26/h1-2,7-10,15-17H,3-6,11-12H2,(H,21,23)(H,22,24)(H,25,26)/t15-,16-,17+/m0/s1. The maximum atomic E-state index is 12.4. The molecular weight excluding hydrogens is 348 g/mol. The Balaban J connectivity index is 1.55. The van der Waals surface area contributed by atoms with Crippen LogP contribution in [0.15, 0.2) is 36.4 Å². The van der Waals surface area contributed by atoms with Crippen molar-refractivity contribution in [3.63, 3.8) is 0 Å². The average molecular weight is 372 g/mol.